The van der Waals surface area contributed by atoms with Crippen LogP contribution in [0.3, 0.4) is 0 Å². The molecule has 1 unspecified atom stereocenters. The van der Waals surface area contributed by atoms with Gasteiger partial charge in [0.1, 0.15) is 5.82 Å². The van der Waals surface area contributed by atoms with Crippen LogP contribution >= 0.6 is 11.3 Å². The molecule has 0 aliphatic rings. The highest BCUT2D eigenvalue weighted by atomic mass is 32.1. The molecule has 0 bridgehead atoms. The molecule has 0 saturated heterocycles. The smallest absolute Gasteiger partial charge is 0.261 e. The van der Waals surface area contributed by atoms with Crippen LogP contribution < -0.4 is 5.32 Å². The minimum atomic E-state index is 0.264. The number of nitrogens with one attached hydrogen (secondary N) is 1. The molecule has 120 valence electrons. The molecule has 0 fully saturated rings. The van der Waals surface area contributed by atoms with Crippen LogP contribution in [0.15, 0.2) is 39.7 Å². The molecule has 3 aromatic heterocycles. The lowest BCUT2D eigenvalue weighted by Gasteiger charge is -2.24. The lowest BCUT2D eigenvalue weighted by Crippen LogP contribution is -2.26. The third kappa shape index (κ3) is 3.57. The van der Waals surface area contributed by atoms with Crippen molar-refractivity contribution in [3.63, 3.8) is 0 Å². The summed E-state index contributed by atoms with van der Waals surface area (Å²) in [5, 5.41) is 11.5. The molecule has 0 saturated carbocycles. The maximum atomic E-state index is 5.27. The Balaban J connectivity index is 1.80. The molecule has 7 heteroatoms. The summed E-state index contributed by atoms with van der Waals surface area (Å²) in [5.41, 5.74) is 2.11. The maximum Gasteiger partial charge on any atom is 0.261 e. The summed E-state index contributed by atoms with van der Waals surface area (Å²) >= 11 is 1.71. The molecule has 0 spiro atoms. The number of pyridine rings is 1. The van der Waals surface area contributed by atoms with Gasteiger partial charge in [0.15, 0.2) is 5.82 Å². The molecule has 1 N–H and O–H groups in total. The van der Waals surface area contributed by atoms with Gasteiger partial charge in [0.05, 0.1) is 11.6 Å². The Bertz CT molecular complexity index is 753. The van der Waals surface area contributed by atoms with Crippen LogP contribution in [-0.4, -0.2) is 40.7 Å². The van der Waals surface area contributed by atoms with Gasteiger partial charge in [0, 0.05) is 12.7 Å². The van der Waals surface area contributed by atoms with Crippen LogP contribution in [0.2, 0.25) is 0 Å². The summed E-state index contributed by atoms with van der Waals surface area (Å²) in [7, 11) is 4.15. The van der Waals surface area contributed by atoms with Crippen molar-refractivity contribution >= 4 is 17.2 Å². The zero-order valence-corrected chi connectivity index (χ0v) is 14.2. The number of rotatable bonds is 6. The van der Waals surface area contributed by atoms with Gasteiger partial charge in [0.25, 0.3) is 5.89 Å². The van der Waals surface area contributed by atoms with Crippen LogP contribution in [0, 0.1) is 6.92 Å². The largest absolute Gasteiger partial charge is 0.367 e. The van der Waals surface area contributed by atoms with E-state index in [1.54, 1.807) is 24.5 Å². The highest BCUT2D eigenvalue weighted by Gasteiger charge is 2.17. The molecule has 3 heterocycles. The standard InChI is InChI=1S/C16H19N5OS/c1-11-19-16(22-20-11)13-5-4-7-17-15(13)18-9-14(21(2)3)12-6-8-23-10-12/h4-8,10,14H,9H2,1-3H3,(H,17,18). The Morgan fingerprint density at radius 3 is 2.87 bits per heavy atom. The van der Waals surface area contributed by atoms with Crippen molar-refractivity contribution in [3.8, 4) is 11.5 Å². The zero-order chi connectivity index (χ0) is 16.2. The second-order valence-electron chi connectivity index (χ2n) is 5.46. The van der Waals surface area contributed by atoms with Crippen LogP contribution in [0.1, 0.15) is 17.4 Å². The Hall–Kier alpha value is -2.25. The normalized spacial score (nSPS) is 12.5. The average molecular weight is 329 g/mol. The van der Waals surface area contributed by atoms with Crippen LogP contribution in [0.4, 0.5) is 5.82 Å². The molecule has 6 nitrogen and oxygen atoms in total. The number of hydrogen-bond acceptors (Lipinski definition) is 7. The summed E-state index contributed by atoms with van der Waals surface area (Å²) in [6, 6.07) is 6.21. The highest BCUT2D eigenvalue weighted by molar-refractivity contribution is 7.07. The number of hydrogen-bond donors (Lipinski definition) is 1. The molecule has 1 atom stereocenters. The van der Waals surface area contributed by atoms with E-state index in [1.807, 2.05) is 12.1 Å². The van der Waals surface area contributed by atoms with E-state index in [2.05, 4.69) is 56.3 Å². The van der Waals surface area contributed by atoms with E-state index in [4.69, 9.17) is 4.52 Å². The van der Waals surface area contributed by atoms with Gasteiger partial charge < -0.3 is 14.7 Å². The minimum absolute atomic E-state index is 0.264. The second-order valence-corrected chi connectivity index (χ2v) is 6.24. The maximum absolute atomic E-state index is 5.27. The van der Waals surface area contributed by atoms with Crippen LogP contribution in [-0.2, 0) is 0 Å². The minimum Gasteiger partial charge on any atom is -0.367 e. The molecule has 0 aliphatic heterocycles. The van der Waals surface area contributed by atoms with Crippen molar-refractivity contribution in [2.75, 3.05) is 26.0 Å². The summed E-state index contributed by atoms with van der Waals surface area (Å²) in [4.78, 5) is 10.9. The Morgan fingerprint density at radius 1 is 1.35 bits per heavy atom. The van der Waals surface area contributed by atoms with Gasteiger partial charge in [-0.15, -0.1) is 0 Å². The van der Waals surface area contributed by atoms with Crippen LogP contribution in [0.25, 0.3) is 11.5 Å². The van der Waals surface area contributed by atoms with Gasteiger partial charge in [-0.05, 0) is 55.5 Å². The third-order valence-corrected chi connectivity index (χ3v) is 4.28. The highest BCUT2D eigenvalue weighted by Crippen LogP contribution is 2.26. The van der Waals surface area contributed by atoms with E-state index >= 15 is 0 Å². The summed E-state index contributed by atoms with van der Waals surface area (Å²) in [5.74, 6) is 1.84. The molecule has 3 rings (SSSR count). The van der Waals surface area contributed by atoms with E-state index in [-0.39, 0.29) is 6.04 Å². The number of likely N-dealkylation sites (N-methyl/N-ethyl adjacent to an activating group) is 1. The van der Waals surface area contributed by atoms with E-state index in [0.29, 0.717) is 11.7 Å². The Kier molecular flexibility index (Phi) is 4.68. The number of anilines is 1. The number of nitrogens with zero attached hydrogens (tertiary/aromatic N) is 4. The van der Waals surface area contributed by atoms with E-state index in [1.165, 1.54) is 5.56 Å². The fourth-order valence-electron chi connectivity index (χ4n) is 2.38. The summed E-state index contributed by atoms with van der Waals surface area (Å²) < 4.78 is 5.27. The molecule has 3 aromatic rings. The third-order valence-electron chi connectivity index (χ3n) is 3.58. The van der Waals surface area contributed by atoms with Crippen molar-refractivity contribution < 1.29 is 4.52 Å². The lowest BCUT2D eigenvalue weighted by molar-refractivity contribution is 0.312. The lowest BCUT2D eigenvalue weighted by atomic mass is 10.1. The first-order valence-electron chi connectivity index (χ1n) is 7.33. The van der Waals surface area contributed by atoms with Gasteiger partial charge in [-0.1, -0.05) is 5.16 Å². The van der Waals surface area contributed by atoms with Crippen LogP contribution in [0.5, 0.6) is 0 Å². The van der Waals surface area contributed by atoms with Crippen molar-refractivity contribution in [1.29, 1.82) is 0 Å². The van der Waals surface area contributed by atoms with Gasteiger partial charge in [0.2, 0.25) is 0 Å². The summed E-state index contributed by atoms with van der Waals surface area (Å²) in [6.07, 6.45) is 1.75. The topological polar surface area (TPSA) is 67.1 Å². The van der Waals surface area contributed by atoms with Gasteiger partial charge >= 0.3 is 0 Å². The van der Waals surface area contributed by atoms with Gasteiger partial charge in [-0.25, -0.2) is 4.98 Å². The van der Waals surface area contributed by atoms with Gasteiger partial charge in [-0.2, -0.15) is 16.3 Å². The predicted molar refractivity (Wildman–Crippen MR) is 91.5 cm³/mol. The van der Waals surface area contributed by atoms with Crippen molar-refractivity contribution in [1.82, 2.24) is 20.0 Å². The predicted octanol–water partition coefficient (Wildman–Crippen LogP) is 3.22. The Labute approximate surface area is 139 Å². The molecule has 0 aromatic carbocycles. The average Bonchev–Trinajstić information content (AvgIpc) is 3.19. The van der Waals surface area contributed by atoms with Gasteiger partial charge in [-0.3, -0.25) is 0 Å². The van der Waals surface area contributed by atoms with E-state index < -0.39 is 0 Å². The van der Waals surface area contributed by atoms with Crippen molar-refractivity contribution in [2.24, 2.45) is 0 Å². The number of aryl methyl sites for hydroxylation is 1. The summed E-state index contributed by atoms with van der Waals surface area (Å²) in [6.45, 7) is 2.54. The molecular formula is C16H19N5OS. The fraction of sp³-hybridized carbons (Fsp3) is 0.312. The zero-order valence-electron chi connectivity index (χ0n) is 13.4. The first-order chi connectivity index (χ1) is 11.1. The Morgan fingerprint density at radius 2 is 2.22 bits per heavy atom. The molecular weight excluding hydrogens is 310 g/mol. The SMILES string of the molecule is Cc1noc(-c2cccnc2NCC(c2ccsc2)N(C)C)n1. The fourth-order valence-corrected chi connectivity index (χ4v) is 3.09. The first-order valence-corrected chi connectivity index (χ1v) is 8.27. The molecule has 0 aliphatic carbocycles. The number of thiophene rings is 1. The van der Waals surface area contributed by atoms with Crippen molar-refractivity contribution in [2.45, 2.75) is 13.0 Å². The second kappa shape index (κ2) is 6.89. The quantitative estimate of drug-likeness (QED) is 0.749. The van der Waals surface area contributed by atoms with E-state index in [0.717, 1.165) is 17.9 Å². The number of aromatic nitrogens is 3. The monoisotopic (exact) mass is 329 g/mol. The van der Waals surface area contributed by atoms with E-state index in [9.17, 15) is 0 Å². The molecule has 23 heavy (non-hydrogen) atoms. The molecule has 0 radical (unpaired) electrons. The first kappa shape index (κ1) is 15.6. The van der Waals surface area contributed by atoms with Crippen molar-refractivity contribution in [3.05, 3.63) is 46.5 Å². The molecule has 0 amide bonds.